The van der Waals surface area contributed by atoms with Crippen LogP contribution in [0.2, 0.25) is 0 Å². The number of methoxy groups -OCH3 is 1. The molecule has 0 aliphatic rings. The van der Waals surface area contributed by atoms with Crippen molar-refractivity contribution in [1.29, 1.82) is 0 Å². The Hall–Kier alpha value is -3.20. The first-order valence-corrected chi connectivity index (χ1v) is 6.87. The second kappa shape index (κ2) is 7.88. The van der Waals surface area contributed by atoms with Gasteiger partial charge in [-0.15, -0.1) is 0 Å². The lowest BCUT2D eigenvalue weighted by Crippen LogP contribution is -1.89. The van der Waals surface area contributed by atoms with Crippen LogP contribution in [-0.2, 0) is 6.61 Å². The lowest BCUT2D eigenvalue weighted by atomic mass is 10.1. The quantitative estimate of drug-likeness (QED) is 0.484. The number of nitro groups is 1. The Kier molecular flexibility index (Phi) is 5.63. The summed E-state index contributed by atoms with van der Waals surface area (Å²) >= 11 is 0. The van der Waals surface area contributed by atoms with E-state index in [0.717, 1.165) is 0 Å². The number of ether oxygens (including phenoxy) is 1. The normalized spacial score (nSPS) is 11.3. The molecule has 2 aromatic carbocycles. The van der Waals surface area contributed by atoms with Crippen molar-refractivity contribution in [1.82, 2.24) is 0 Å². The lowest BCUT2D eigenvalue weighted by Gasteiger charge is -2.08. The van der Waals surface area contributed by atoms with Crippen molar-refractivity contribution in [2.45, 2.75) is 6.61 Å². The van der Waals surface area contributed by atoms with Crippen LogP contribution in [0, 0.1) is 10.1 Å². The molecule has 2 aromatic rings. The third-order valence-corrected chi connectivity index (χ3v) is 3.09. The average molecular weight is 329 g/mol. The van der Waals surface area contributed by atoms with E-state index in [9.17, 15) is 15.2 Å². The van der Waals surface area contributed by atoms with E-state index in [1.54, 1.807) is 12.1 Å². The van der Waals surface area contributed by atoms with Crippen molar-refractivity contribution in [2.75, 3.05) is 14.2 Å². The van der Waals surface area contributed by atoms with Crippen LogP contribution in [0.3, 0.4) is 0 Å². The van der Waals surface area contributed by atoms with Gasteiger partial charge in [0.25, 0.3) is 5.69 Å². The Morgan fingerprint density at radius 1 is 1.12 bits per heavy atom. The van der Waals surface area contributed by atoms with E-state index in [2.05, 4.69) is 20.5 Å². The van der Waals surface area contributed by atoms with Gasteiger partial charge < -0.3 is 9.84 Å². The van der Waals surface area contributed by atoms with E-state index < -0.39 is 4.92 Å². The Bertz CT molecular complexity index is 787. The van der Waals surface area contributed by atoms with Crippen LogP contribution in [0.1, 0.15) is 5.56 Å². The van der Waals surface area contributed by atoms with E-state index >= 15 is 0 Å². The zero-order valence-corrected chi connectivity index (χ0v) is 13.1. The summed E-state index contributed by atoms with van der Waals surface area (Å²) in [7, 11) is 3.01. The molecule has 0 bridgehead atoms. The van der Waals surface area contributed by atoms with Gasteiger partial charge in [-0.2, -0.15) is 20.5 Å². The molecular weight excluding hydrogens is 314 g/mol. The van der Waals surface area contributed by atoms with Crippen molar-refractivity contribution in [3.05, 3.63) is 52.1 Å². The number of hydrogen-bond acceptors (Lipinski definition) is 8. The molecular formula is C15H15N5O4. The highest BCUT2D eigenvalue weighted by atomic mass is 16.6. The minimum absolute atomic E-state index is 0.0269. The third-order valence-electron chi connectivity index (χ3n) is 3.09. The molecule has 0 amide bonds. The number of rotatable bonds is 6. The fraction of sp³-hybridized carbons (Fsp3) is 0.200. The number of aliphatic hydroxyl groups excluding tert-OH is 1. The number of non-ortho nitro benzene ring substituents is 1. The number of nitro benzene ring substituents is 1. The van der Waals surface area contributed by atoms with Crippen molar-refractivity contribution >= 4 is 22.7 Å². The van der Waals surface area contributed by atoms with E-state index in [0.29, 0.717) is 28.4 Å². The monoisotopic (exact) mass is 329 g/mol. The standard InChI is InChI=1S/C15H15N5O4/c1-16-18-14-7-10(9-21)13(8-15(14)24-2)19-17-11-3-5-12(6-4-11)20(22)23/h3-8,21H,9H2,1-2H3/b18-16+,19-17+. The minimum atomic E-state index is -0.489. The smallest absolute Gasteiger partial charge is 0.269 e. The number of azo groups is 2. The number of benzene rings is 2. The first kappa shape index (κ1) is 17.2. The average Bonchev–Trinajstić information content (AvgIpc) is 2.60. The minimum Gasteiger partial charge on any atom is -0.494 e. The highest BCUT2D eigenvalue weighted by Gasteiger charge is 2.10. The maximum absolute atomic E-state index is 10.6. The van der Waals surface area contributed by atoms with Crippen LogP contribution in [0.5, 0.6) is 5.75 Å². The molecule has 124 valence electrons. The summed E-state index contributed by atoms with van der Waals surface area (Å²) in [4.78, 5) is 10.1. The summed E-state index contributed by atoms with van der Waals surface area (Å²) < 4.78 is 5.22. The molecule has 2 rings (SSSR count). The van der Waals surface area contributed by atoms with Gasteiger partial charge in [0.1, 0.15) is 11.4 Å². The first-order chi connectivity index (χ1) is 11.6. The molecule has 0 radical (unpaired) electrons. The van der Waals surface area contributed by atoms with Gasteiger partial charge in [-0.3, -0.25) is 10.1 Å². The van der Waals surface area contributed by atoms with Gasteiger partial charge in [-0.1, -0.05) is 0 Å². The largest absolute Gasteiger partial charge is 0.494 e. The van der Waals surface area contributed by atoms with Crippen molar-refractivity contribution in [3.8, 4) is 5.75 Å². The van der Waals surface area contributed by atoms with Crippen LogP contribution >= 0.6 is 0 Å². The van der Waals surface area contributed by atoms with Crippen LogP contribution in [0.25, 0.3) is 0 Å². The summed E-state index contributed by atoms with van der Waals surface area (Å²) in [6, 6.07) is 8.84. The van der Waals surface area contributed by atoms with E-state index in [4.69, 9.17) is 4.74 Å². The molecule has 0 fully saturated rings. The van der Waals surface area contributed by atoms with Crippen LogP contribution in [0.4, 0.5) is 22.7 Å². The maximum atomic E-state index is 10.6. The first-order valence-electron chi connectivity index (χ1n) is 6.87. The van der Waals surface area contributed by atoms with Gasteiger partial charge in [0, 0.05) is 30.8 Å². The fourth-order valence-corrected chi connectivity index (χ4v) is 1.92. The molecule has 0 saturated carbocycles. The van der Waals surface area contributed by atoms with Crippen LogP contribution < -0.4 is 4.74 Å². The zero-order valence-electron chi connectivity index (χ0n) is 13.1. The van der Waals surface area contributed by atoms with Crippen LogP contribution in [-0.4, -0.2) is 24.2 Å². The zero-order chi connectivity index (χ0) is 17.5. The van der Waals surface area contributed by atoms with Gasteiger partial charge in [0.15, 0.2) is 0 Å². The van der Waals surface area contributed by atoms with E-state index in [1.165, 1.54) is 38.4 Å². The van der Waals surface area contributed by atoms with Gasteiger partial charge >= 0.3 is 0 Å². The molecule has 0 spiro atoms. The summed E-state index contributed by atoms with van der Waals surface area (Å²) in [6.45, 7) is -0.259. The summed E-state index contributed by atoms with van der Waals surface area (Å²) in [5.41, 5.74) is 1.80. The highest BCUT2D eigenvalue weighted by Crippen LogP contribution is 2.36. The highest BCUT2D eigenvalue weighted by molar-refractivity contribution is 5.63. The Morgan fingerprint density at radius 3 is 2.38 bits per heavy atom. The van der Waals surface area contributed by atoms with Crippen molar-refractivity contribution in [3.63, 3.8) is 0 Å². The number of nitrogens with zero attached hydrogens (tertiary/aromatic N) is 5. The third kappa shape index (κ3) is 3.96. The van der Waals surface area contributed by atoms with Crippen molar-refractivity contribution in [2.24, 2.45) is 20.5 Å². The summed E-state index contributed by atoms with van der Waals surface area (Å²) in [6.07, 6.45) is 0. The molecule has 9 nitrogen and oxygen atoms in total. The molecule has 1 N–H and O–H groups in total. The Morgan fingerprint density at radius 2 is 1.83 bits per heavy atom. The molecule has 0 atom stereocenters. The molecule has 0 heterocycles. The Balaban J connectivity index is 2.35. The van der Waals surface area contributed by atoms with Gasteiger partial charge in [0.05, 0.1) is 30.0 Å². The summed E-state index contributed by atoms with van der Waals surface area (Å²) in [5.74, 6) is 0.440. The van der Waals surface area contributed by atoms with E-state index in [-0.39, 0.29) is 12.3 Å². The number of aliphatic hydroxyl groups is 1. The van der Waals surface area contributed by atoms with Gasteiger partial charge in [-0.25, -0.2) is 0 Å². The fourth-order valence-electron chi connectivity index (χ4n) is 1.92. The topological polar surface area (TPSA) is 122 Å². The predicted octanol–water partition coefficient (Wildman–Crippen LogP) is 4.22. The molecule has 0 aromatic heterocycles. The molecule has 9 heteroatoms. The lowest BCUT2D eigenvalue weighted by molar-refractivity contribution is -0.384. The van der Waals surface area contributed by atoms with Gasteiger partial charge in [-0.05, 0) is 18.2 Å². The van der Waals surface area contributed by atoms with Crippen LogP contribution in [0.15, 0.2) is 56.9 Å². The molecule has 0 aliphatic heterocycles. The van der Waals surface area contributed by atoms with Crippen molar-refractivity contribution < 1.29 is 14.8 Å². The SMILES string of the molecule is C/N=N/c1cc(CO)c(/N=N/c2ccc([N+](=O)[O-])cc2)cc1OC. The molecule has 0 saturated heterocycles. The van der Waals surface area contributed by atoms with E-state index in [1.807, 2.05) is 0 Å². The second-order valence-electron chi connectivity index (χ2n) is 4.58. The predicted molar refractivity (Wildman–Crippen MR) is 86.6 cm³/mol. The summed E-state index contributed by atoms with van der Waals surface area (Å²) in [5, 5.41) is 35.8. The maximum Gasteiger partial charge on any atom is 0.269 e. The molecule has 0 unspecified atom stereocenters. The van der Waals surface area contributed by atoms with Gasteiger partial charge in [0.2, 0.25) is 0 Å². The molecule has 0 aliphatic carbocycles. The molecule has 24 heavy (non-hydrogen) atoms. The number of hydrogen-bond donors (Lipinski definition) is 1. The Labute approximate surface area is 137 Å². The second-order valence-corrected chi connectivity index (χ2v) is 4.58.